The van der Waals surface area contributed by atoms with Gasteiger partial charge in [-0.25, -0.2) is 0 Å². The third-order valence-corrected chi connectivity index (χ3v) is 4.80. The van der Waals surface area contributed by atoms with E-state index in [-0.39, 0.29) is 23.9 Å². The van der Waals surface area contributed by atoms with Crippen molar-refractivity contribution in [2.45, 2.75) is 75.7 Å². The van der Waals surface area contributed by atoms with Crippen molar-refractivity contribution in [3.63, 3.8) is 0 Å². The normalized spacial score (nSPS) is 14.0. The van der Waals surface area contributed by atoms with Crippen molar-refractivity contribution in [1.29, 1.82) is 0 Å². The van der Waals surface area contributed by atoms with Crippen molar-refractivity contribution >= 4 is 23.2 Å². The number of amides is 1. The molecule has 29 heavy (non-hydrogen) atoms. The van der Waals surface area contributed by atoms with E-state index in [4.69, 9.17) is 0 Å². The Morgan fingerprint density at radius 3 is 1.72 bits per heavy atom. The fraction of sp³-hybridized carbons (Fsp3) is 0.480. The highest BCUT2D eigenvalue weighted by Crippen LogP contribution is 2.38. The third-order valence-electron chi connectivity index (χ3n) is 4.80. The van der Waals surface area contributed by atoms with Crippen molar-refractivity contribution in [2.75, 3.05) is 5.32 Å². The van der Waals surface area contributed by atoms with Gasteiger partial charge in [-0.3, -0.25) is 14.4 Å². The molecule has 0 saturated carbocycles. The van der Waals surface area contributed by atoms with Crippen LogP contribution in [0.15, 0.2) is 46.6 Å². The Labute approximate surface area is 176 Å². The summed E-state index contributed by atoms with van der Waals surface area (Å²) in [7, 11) is 0. The number of allylic oxidation sites excluding steroid dienone is 4. The van der Waals surface area contributed by atoms with Gasteiger partial charge in [0.25, 0.3) is 0 Å². The number of hydrogen-bond donors (Lipinski definition) is 1. The summed E-state index contributed by atoms with van der Waals surface area (Å²) in [5, 5.41) is 2.86. The molecule has 0 atom stereocenters. The van der Waals surface area contributed by atoms with Crippen LogP contribution in [0.5, 0.6) is 0 Å². The minimum absolute atomic E-state index is 0.112. The molecule has 1 aliphatic carbocycles. The largest absolute Gasteiger partial charge is 0.326 e. The molecule has 1 aliphatic rings. The first-order chi connectivity index (χ1) is 13.5. The van der Waals surface area contributed by atoms with Crippen molar-refractivity contribution < 1.29 is 14.4 Å². The zero-order valence-corrected chi connectivity index (χ0v) is 19.7. The number of hydrogen-bond acceptors (Lipinski definition) is 3. The van der Waals surface area contributed by atoms with Gasteiger partial charge in [0, 0.05) is 39.8 Å². The van der Waals surface area contributed by atoms with E-state index >= 15 is 0 Å². The molecule has 160 valence electrons. The Balaban J connectivity index is 0.00000184. The molecular weight excluding hydrogens is 362 g/mol. The Hall–Kier alpha value is -2.49. The predicted octanol–water partition coefficient (Wildman–Crippen LogP) is 6.21. The van der Waals surface area contributed by atoms with Crippen molar-refractivity contribution in [2.24, 2.45) is 5.41 Å². The van der Waals surface area contributed by atoms with Crippen LogP contribution in [-0.2, 0) is 14.4 Å². The molecule has 4 nitrogen and oxygen atoms in total. The van der Waals surface area contributed by atoms with Crippen LogP contribution >= 0.6 is 0 Å². The molecule has 1 aromatic carbocycles. The molecule has 1 amide bonds. The van der Waals surface area contributed by atoms with Gasteiger partial charge in [-0.05, 0) is 39.8 Å². The minimum atomic E-state index is -0.729. The molecule has 0 heterocycles. The lowest BCUT2D eigenvalue weighted by Gasteiger charge is -2.31. The lowest BCUT2D eigenvalue weighted by Crippen LogP contribution is -2.33. The Kier molecular flexibility index (Phi) is 10.5. The highest BCUT2D eigenvalue weighted by Gasteiger charge is 2.38. The fourth-order valence-electron chi connectivity index (χ4n) is 3.24. The van der Waals surface area contributed by atoms with Gasteiger partial charge in [-0.15, -0.1) is 0 Å². The zero-order valence-electron chi connectivity index (χ0n) is 19.7. The van der Waals surface area contributed by atoms with Gasteiger partial charge in [0.05, 0.1) is 0 Å². The van der Waals surface area contributed by atoms with Crippen LogP contribution in [0.25, 0.3) is 0 Å². The predicted molar refractivity (Wildman–Crippen MR) is 122 cm³/mol. The summed E-state index contributed by atoms with van der Waals surface area (Å²) < 4.78 is 0. The second-order valence-corrected chi connectivity index (χ2v) is 7.38. The Bertz CT molecular complexity index is 809. The molecule has 0 aliphatic heterocycles. The smallest absolute Gasteiger partial charge is 0.225 e. The summed E-state index contributed by atoms with van der Waals surface area (Å²) in [6.45, 7) is 18.7. The summed E-state index contributed by atoms with van der Waals surface area (Å²) in [4.78, 5) is 37.5. The van der Waals surface area contributed by atoms with Crippen molar-refractivity contribution in [1.82, 2.24) is 0 Å². The molecule has 0 unspecified atom stereocenters. The van der Waals surface area contributed by atoms with E-state index in [2.05, 4.69) is 5.32 Å². The topological polar surface area (TPSA) is 63.2 Å². The summed E-state index contributed by atoms with van der Waals surface area (Å²) in [6.07, 6.45) is 0.124. The SMILES string of the molecule is CC.CC.CC1=C(C)C(=O)C(C(C)(C)CC(=O)Nc2ccc(C)cc2)=C(C)C1=O. The minimum Gasteiger partial charge on any atom is -0.326 e. The number of carbonyl (C=O) groups excluding carboxylic acids is 3. The zero-order chi connectivity index (χ0) is 22.9. The summed E-state index contributed by atoms with van der Waals surface area (Å²) in [6, 6.07) is 7.54. The van der Waals surface area contributed by atoms with Crippen LogP contribution in [0.3, 0.4) is 0 Å². The monoisotopic (exact) mass is 399 g/mol. The number of Topliss-reactive ketones (excluding diaryl/α,β-unsaturated/α-hetero) is 2. The van der Waals surface area contributed by atoms with Crippen molar-refractivity contribution in [3.8, 4) is 0 Å². The number of carbonyl (C=O) groups is 3. The number of rotatable bonds is 4. The van der Waals surface area contributed by atoms with Gasteiger partial charge in [0.15, 0.2) is 11.6 Å². The van der Waals surface area contributed by atoms with Gasteiger partial charge in [0.2, 0.25) is 5.91 Å². The van der Waals surface area contributed by atoms with Crippen LogP contribution in [-0.4, -0.2) is 17.5 Å². The van der Waals surface area contributed by atoms with Crippen LogP contribution < -0.4 is 5.32 Å². The molecule has 0 spiro atoms. The summed E-state index contributed by atoms with van der Waals surface area (Å²) in [5.74, 6) is -0.430. The molecule has 0 aromatic heterocycles. The van der Waals surface area contributed by atoms with E-state index in [1.54, 1.807) is 20.8 Å². The molecule has 0 bridgehead atoms. The van der Waals surface area contributed by atoms with E-state index in [1.165, 1.54) is 0 Å². The first-order valence-electron chi connectivity index (χ1n) is 10.4. The number of ketones is 2. The second kappa shape index (κ2) is 11.5. The summed E-state index contributed by atoms with van der Waals surface area (Å²) >= 11 is 0. The molecule has 2 rings (SSSR count). The maximum absolute atomic E-state index is 12.7. The first-order valence-corrected chi connectivity index (χ1v) is 10.4. The molecule has 0 radical (unpaired) electrons. The molecule has 1 N–H and O–H groups in total. The average Bonchev–Trinajstić information content (AvgIpc) is 2.69. The van der Waals surface area contributed by atoms with Gasteiger partial charge in [-0.1, -0.05) is 59.2 Å². The van der Waals surface area contributed by atoms with Crippen LogP contribution in [0.2, 0.25) is 0 Å². The number of anilines is 1. The molecule has 1 aromatic rings. The van der Waals surface area contributed by atoms with Gasteiger partial charge < -0.3 is 5.32 Å². The summed E-state index contributed by atoms with van der Waals surface area (Å²) in [5.41, 5.74) is 2.95. The van der Waals surface area contributed by atoms with E-state index in [0.717, 1.165) is 11.3 Å². The lowest BCUT2D eigenvalue weighted by molar-refractivity contribution is -0.119. The number of nitrogens with one attached hydrogen (secondary N) is 1. The highest BCUT2D eigenvalue weighted by molar-refractivity contribution is 6.25. The molecule has 0 fully saturated rings. The van der Waals surface area contributed by atoms with Gasteiger partial charge in [0.1, 0.15) is 0 Å². The van der Waals surface area contributed by atoms with Gasteiger partial charge in [-0.2, -0.15) is 0 Å². The second-order valence-electron chi connectivity index (χ2n) is 7.38. The van der Waals surface area contributed by atoms with Crippen LogP contribution in [0, 0.1) is 12.3 Å². The average molecular weight is 400 g/mol. The Morgan fingerprint density at radius 2 is 1.24 bits per heavy atom. The first kappa shape index (κ1) is 26.5. The quantitative estimate of drug-likeness (QED) is 0.612. The van der Waals surface area contributed by atoms with Crippen LogP contribution in [0.4, 0.5) is 5.69 Å². The lowest BCUT2D eigenvalue weighted by atomic mass is 9.71. The number of aryl methyl sites for hydroxylation is 1. The molecular formula is C25H37NO3. The van der Waals surface area contributed by atoms with Crippen molar-refractivity contribution in [3.05, 3.63) is 52.1 Å². The molecule has 4 heteroatoms. The highest BCUT2D eigenvalue weighted by atomic mass is 16.2. The van der Waals surface area contributed by atoms with E-state index in [9.17, 15) is 14.4 Å². The van der Waals surface area contributed by atoms with Crippen LogP contribution in [0.1, 0.15) is 74.3 Å². The standard InChI is InChI=1S/C21H25NO3.2C2H6/c1-12-7-9-16(10-8-12)22-17(23)11-21(5,6)18-15(4)19(24)13(2)14(3)20(18)25;2*1-2/h7-10H,11H2,1-6H3,(H,22,23);2*1-2H3. The molecule has 0 saturated heterocycles. The third kappa shape index (κ3) is 6.52. The van der Waals surface area contributed by atoms with E-state index in [1.807, 2.05) is 72.7 Å². The van der Waals surface area contributed by atoms with E-state index < -0.39 is 5.41 Å². The Morgan fingerprint density at radius 1 is 0.793 bits per heavy atom. The van der Waals surface area contributed by atoms with Gasteiger partial charge >= 0.3 is 0 Å². The number of benzene rings is 1. The maximum Gasteiger partial charge on any atom is 0.225 e. The fourth-order valence-corrected chi connectivity index (χ4v) is 3.24. The maximum atomic E-state index is 12.7. The van der Waals surface area contributed by atoms with E-state index in [0.29, 0.717) is 22.3 Å².